The zero-order valence-electron chi connectivity index (χ0n) is 16.4. The zero-order chi connectivity index (χ0) is 22.1. The molecule has 0 aliphatic heterocycles. The van der Waals surface area contributed by atoms with Gasteiger partial charge in [0.25, 0.3) is 5.91 Å². The van der Waals surface area contributed by atoms with Crippen molar-refractivity contribution in [2.45, 2.75) is 6.61 Å². The summed E-state index contributed by atoms with van der Waals surface area (Å²) < 4.78 is 10.7. The number of anilines is 1. The standard InChI is InChI=1S/C24H19Cl2NO4/c25-19-6-1-18(2-7-19)15-30-22-12-3-17(4-13-22)5-14-24(29)31-16-23(28)27-21-10-8-20(26)9-11-21/h1-14H,15-16H2,(H,27,28). The van der Waals surface area contributed by atoms with Crippen LogP contribution in [0.2, 0.25) is 10.0 Å². The van der Waals surface area contributed by atoms with Gasteiger partial charge in [-0.3, -0.25) is 4.79 Å². The Kier molecular flexibility index (Phi) is 8.10. The van der Waals surface area contributed by atoms with E-state index < -0.39 is 11.9 Å². The number of rotatable bonds is 8. The van der Waals surface area contributed by atoms with Crippen molar-refractivity contribution in [1.82, 2.24) is 0 Å². The lowest BCUT2D eigenvalue weighted by molar-refractivity contribution is -0.142. The summed E-state index contributed by atoms with van der Waals surface area (Å²) in [6.07, 6.45) is 2.86. The molecule has 1 N–H and O–H groups in total. The van der Waals surface area contributed by atoms with E-state index in [1.165, 1.54) is 6.08 Å². The molecule has 1 amide bonds. The van der Waals surface area contributed by atoms with E-state index in [1.807, 2.05) is 36.4 Å². The van der Waals surface area contributed by atoms with Gasteiger partial charge in [0.05, 0.1) is 0 Å². The van der Waals surface area contributed by atoms with Crippen LogP contribution >= 0.6 is 23.2 Å². The Balaban J connectivity index is 1.41. The highest BCUT2D eigenvalue weighted by Gasteiger charge is 2.06. The fourth-order valence-electron chi connectivity index (χ4n) is 2.50. The molecule has 7 heteroatoms. The molecular weight excluding hydrogens is 437 g/mol. The molecule has 3 aromatic rings. The maximum absolute atomic E-state index is 11.8. The van der Waals surface area contributed by atoms with Gasteiger partial charge in [-0.05, 0) is 65.7 Å². The number of benzene rings is 3. The molecule has 158 valence electrons. The molecule has 0 bridgehead atoms. The third-order valence-electron chi connectivity index (χ3n) is 4.08. The maximum atomic E-state index is 11.8. The molecule has 0 spiro atoms. The van der Waals surface area contributed by atoms with Crippen molar-refractivity contribution in [1.29, 1.82) is 0 Å². The van der Waals surface area contributed by atoms with Crippen molar-refractivity contribution in [2.24, 2.45) is 0 Å². The first-order chi connectivity index (χ1) is 15.0. The molecule has 0 aliphatic carbocycles. The first-order valence-corrected chi connectivity index (χ1v) is 10.1. The summed E-state index contributed by atoms with van der Waals surface area (Å²) in [6, 6.07) is 21.3. The molecule has 0 aliphatic rings. The van der Waals surface area contributed by atoms with Gasteiger partial charge in [-0.2, -0.15) is 0 Å². The quantitative estimate of drug-likeness (QED) is 0.346. The van der Waals surface area contributed by atoms with E-state index in [2.05, 4.69) is 5.32 Å². The highest BCUT2D eigenvalue weighted by Crippen LogP contribution is 2.16. The van der Waals surface area contributed by atoms with Crippen molar-refractivity contribution < 1.29 is 19.1 Å². The number of carbonyl (C=O) groups excluding carboxylic acids is 2. The van der Waals surface area contributed by atoms with Crippen LogP contribution in [-0.4, -0.2) is 18.5 Å². The number of amides is 1. The van der Waals surface area contributed by atoms with Crippen LogP contribution in [0, 0.1) is 0 Å². The zero-order valence-corrected chi connectivity index (χ0v) is 17.9. The lowest BCUT2D eigenvalue weighted by Gasteiger charge is -2.07. The largest absolute Gasteiger partial charge is 0.489 e. The molecule has 0 aromatic heterocycles. The third-order valence-corrected chi connectivity index (χ3v) is 4.59. The second kappa shape index (κ2) is 11.2. The molecule has 31 heavy (non-hydrogen) atoms. The topological polar surface area (TPSA) is 64.6 Å². The van der Waals surface area contributed by atoms with Gasteiger partial charge in [0.2, 0.25) is 0 Å². The van der Waals surface area contributed by atoms with E-state index >= 15 is 0 Å². The van der Waals surface area contributed by atoms with Crippen molar-refractivity contribution in [3.8, 4) is 5.75 Å². The van der Waals surface area contributed by atoms with Crippen molar-refractivity contribution in [3.63, 3.8) is 0 Å². The minimum atomic E-state index is -0.616. The summed E-state index contributed by atoms with van der Waals surface area (Å²) in [5.74, 6) is -0.353. The van der Waals surface area contributed by atoms with Crippen LogP contribution in [0.4, 0.5) is 5.69 Å². The van der Waals surface area contributed by atoms with Crippen LogP contribution in [0.15, 0.2) is 78.9 Å². The molecule has 0 unspecified atom stereocenters. The molecule has 3 aromatic carbocycles. The number of carbonyl (C=O) groups is 2. The minimum absolute atomic E-state index is 0.386. The van der Waals surface area contributed by atoms with E-state index in [-0.39, 0.29) is 6.61 Å². The van der Waals surface area contributed by atoms with Crippen LogP contribution < -0.4 is 10.1 Å². The first kappa shape index (κ1) is 22.4. The molecule has 5 nitrogen and oxygen atoms in total. The molecule has 0 saturated carbocycles. The lowest BCUT2D eigenvalue weighted by Crippen LogP contribution is -2.20. The van der Waals surface area contributed by atoms with Crippen LogP contribution in [0.25, 0.3) is 6.08 Å². The highest BCUT2D eigenvalue weighted by molar-refractivity contribution is 6.30. The fraction of sp³-hybridized carbons (Fsp3) is 0.0833. The van der Waals surface area contributed by atoms with Gasteiger partial charge in [-0.15, -0.1) is 0 Å². The lowest BCUT2D eigenvalue weighted by atomic mass is 10.2. The summed E-state index contributed by atoms with van der Waals surface area (Å²) >= 11 is 11.7. The summed E-state index contributed by atoms with van der Waals surface area (Å²) in [5.41, 5.74) is 2.37. The van der Waals surface area contributed by atoms with E-state index in [0.717, 1.165) is 11.1 Å². The fourth-order valence-corrected chi connectivity index (χ4v) is 2.75. The summed E-state index contributed by atoms with van der Waals surface area (Å²) in [7, 11) is 0. The molecule has 0 radical (unpaired) electrons. The number of hydrogen-bond donors (Lipinski definition) is 1. The Hall–Kier alpha value is -3.28. The van der Waals surface area contributed by atoms with Crippen molar-refractivity contribution >= 4 is 46.8 Å². The number of hydrogen-bond acceptors (Lipinski definition) is 4. The number of ether oxygens (including phenoxy) is 2. The number of halogens is 2. The Labute approximate surface area is 190 Å². The van der Waals surface area contributed by atoms with E-state index in [9.17, 15) is 9.59 Å². The Morgan fingerprint density at radius 3 is 2.10 bits per heavy atom. The van der Waals surface area contributed by atoms with Gasteiger partial charge >= 0.3 is 5.97 Å². The summed E-state index contributed by atoms with van der Waals surface area (Å²) in [6.45, 7) is 0.0417. The predicted molar refractivity (Wildman–Crippen MR) is 122 cm³/mol. The smallest absolute Gasteiger partial charge is 0.331 e. The van der Waals surface area contributed by atoms with E-state index in [4.69, 9.17) is 32.7 Å². The van der Waals surface area contributed by atoms with Gasteiger partial charge < -0.3 is 14.8 Å². The Morgan fingerprint density at radius 1 is 0.839 bits per heavy atom. The maximum Gasteiger partial charge on any atom is 0.331 e. The van der Waals surface area contributed by atoms with Gasteiger partial charge in [-0.1, -0.05) is 47.5 Å². The van der Waals surface area contributed by atoms with Crippen LogP contribution in [0.5, 0.6) is 5.75 Å². The first-order valence-electron chi connectivity index (χ1n) is 9.35. The second-order valence-corrected chi connectivity index (χ2v) is 7.35. The summed E-state index contributed by atoms with van der Waals surface area (Å²) in [5, 5.41) is 3.86. The van der Waals surface area contributed by atoms with Gasteiger partial charge in [0.1, 0.15) is 12.4 Å². The average Bonchev–Trinajstić information content (AvgIpc) is 2.78. The van der Waals surface area contributed by atoms with Crippen LogP contribution in [-0.2, 0) is 20.9 Å². The monoisotopic (exact) mass is 455 g/mol. The average molecular weight is 456 g/mol. The van der Waals surface area contributed by atoms with Crippen molar-refractivity contribution in [2.75, 3.05) is 11.9 Å². The number of nitrogens with one attached hydrogen (secondary N) is 1. The third kappa shape index (κ3) is 7.81. The molecule has 3 rings (SSSR count). The van der Waals surface area contributed by atoms with E-state index in [1.54, 1.807) is 42.5 Å². The van der Waals surface area contributed by atoms with Gasteiger partial charge in [0, 0.05) is 21.8 Å². The minimum Gasteiger partial charge on any atom is -0.489 e. The van der Waals surface area contributed by atoms with Crippen molar-refractivity contribution in [3.05, 3.63) is 100 Å². The van der Waals surface area contributed by atoms with Gasteiger partial charge in [0.15, 0.2) is 6.61 Å². The van der Waals surface area contributed by atoms with Crippen LogP contribution in [0.1, 0.15) is 11.1 Å². The second-order valence-electron chi connectivity index (χ2n) is 6.48. The Bertz CT molecular complexity index is 1050. The SMILES string of the molecule is O=C(COC(=O)C=Cc1ccc(OCc2ccc(Cl)cc2)cc1)Nc1ccc(Cl)cc1. The molecule has 0 atom stereocenters. The predicted octanol–water partition coefficient (Wildman–Crippen LogP) is 5.77. The normalized spacial score (nSPS) is 10.6. The highest BCUT2D eigenvalue weighted by atomic mass is 35.5. The molecule has 0 fully saturated rings. The molecule has 0 heterocycles. The number of esters is 1. The molecule has 0 saturated heterocycles. The van der Waals surface area contributed by atoms with Crippen LogP contribution in [0.3, 0.4) is 0 Å². The molecular formula is C24H19Cl2NO4. The van der Waals surface area contributed by atoms with E-state index in [0.29, 0.717) is 28.1 Å². The summed E-state index contributed by atoms with van der Waals surface area (Å²) in [4.78, 5) is 23.7. The van der Waals surface area contributed by atoms with Gasteiger partial charge in [-0.25, -0.2) is 4.79 Å². The Morgan fingerprint density at radius 2 is 1.45 bits per heavy atom.